The summed E-state index contributed by atoms with van der Waals surface area (Å²) in [6.07, 6.45) is -32.0. The van der Waals surface area contributed by atoms with Gasteiger partial charge in [-0.2, -0.15) is 0 Å². The van der Waals surface area contributed by atoms with Gasteiger partial charge in [0.15, 0.2) is 25.2 Å². The van der Waals surface area contributed by atoms with Gasteiger partial charge in [0.2, 0.25) is 5.91 Å². The zero-order valence-electron chi connectivity index (χ0n) is 26.3. The van der Waals surface area contributed by atoms with E-state index in [9.17, 15) is 61.0 Å². The van der Waals surface area contributed by atoms with Crippen molar-refractivity contribution in [3.05, 3.63) is 0 Å². The Balaban J connectivity index is 1.74. The van der Waals surface area contributed by atoms with Crippen LogP contribution in [-0.4, -0.2) is 212 Å². The van der Waals surface area contributed by atoms with E-state index in [4.69, 9.17) is 37.9 Å². The van der Waals surface area contributed by atoms with Crippen molar-refractivity contribution in [2.24, 2.45) is 0 Å². The monoisotopic (exact) mass is 705 g/mol. The largest absolute Gasteiger partial charge is 0.394 e. The summed E-state index contributed by atoms with van der Waals surface area (Å²) in [5, 5.41) is 117. The third-order valence-corrected chi connectivity index (χ3v) is 8.78. The molecule has 280 valence electrons. The summed E-state index contributed by atoms with van der Waals surface area (Å²) in [4.78, 5) is 12.1. The van der Waals surface area contributed by atoms with Crippen LogP contribution in [-0.2, 0) is 42.7 Å². The molecule has 21 nitrogen and oxygen atoms in total. The van der Waals surface area contributed by atoms with E-state index in [-0.39, 0.29) is 0 Å². The van der Waals surface area contributed by atoms with E-state index < -0.39 is 148 Å². The highest BCUT2D eigenvalue weighted by Crippen LogP contribution is 2.36. The Bertz CT molecular complexity index is 1030. The summed E-state index contributed by atoms with van der Waals surface area (Å²) in [6, 6.07) is -1.28. The second kappa shape index (κ2) is 16.8. The number of aliphatic hydroxyl groups excluding tert-OH is 11. The molecule has 0 spiro atoms. The fourth-order valence-electron chi connectivity index (χ4n) is 6.04. The summed E-state index contributed by atoms with van der Waals surface area (Å²) in [5.41, 5.74) is 0. The van der Waals surface area contributed by atoms with Gasteiger partial charge in [-0.1, -0.05) is 0 Å². The summed E-state index contributed by atoms with van der Waals surface area (Å²) in [5.74, 6) is -0.612. The number of carbonyl (C=O) groups is 1. The number of methoxy groups -OCH3 is 1. The highest BCUT2D eigenvalue weighted by Gasteiger charge is 2.56. The number of aliphatic hydroxyl groups is 11. The lowest BCUT2D eigenvalue weighted by Gasteiger charge is -2.51. The topological polar surface area (TPSA) is 325 Å². The molecule has 20 unspecified atom stereocenters. The van der Waals surface area contributed by atoms with Gasteiger partial charge in [-0.25, -0.2) is 0 Å². The molecule has 4 aliphatic heterocycles. The summed E-state index contributed by atoms with van der Waals surface area (Å²) < 4.78 is 45.6. The zero-order chi connectivity index (χ0) is 35.6. The van der Waals surface area contributed by atoms with Crippen LogP contribution in [0.15, 0.2) is 0 Å². The lowest BCUT2D eigenvalue weighted by Crippen LogP contribution is -2.70. The average molecular weight is 706 g/mol. The molecule has 0 aliphatic carbocycles. The average Bonchev–Trinajstić information content (AvgIpc) is 3.06. The van der Waals surface area contributed by atoms with Crippen LogP contribution in [0.2, 0.25) is 0 Å². The summed E-state index contributed by atoms with van der Waals surface area (Å²) in [7, 11) is 1.22. The molecule has 4 saturated heterocycles. The Labute approximate surface area is 274 Å². The maximum absolute atomic E-state index is 12.1. The Hall–Kier alpha value is -1.29. The van der Waals surface area contributed by atoms with Crippen LogP contribution in [0.25, 0.3) is 0 Å². The van der Waals surface area contributed by atoms with Crippen LogP contribution >= 0.6 is 0 Å². The van der Waals surface area contributed by atoms with E-state index in [0.29, 0.717) is 0 Å². The van der Waals surface area contributed by atoms with Crippen LogP contribution in [0.3, 0.4) is 0 Å². The first kappa shape index (κ1) is 39.5. The number of nitrogens with one attached hydrogen (secondary N) is 1. The number of ether oxygens (including phenoxy) is 8. The Morgan fingerprint density at radius 2 is 1.00 bits per heavy atom. The highest BCUT2D eigenvalue weighted by molar-refractivity contribution is 5.73. The maximum Gasteiger partial charge on any atom is 0.217 e. The molecule has 0 aromatic rings. The molecule has 0 radical (unpaired) electrons. The number of rotatable bonds is 11. The standard InChI is InChI=1S/C27H47NO20/c1-7-13(33)17(37)19(39)25(42-7)48-23-22(47-26-20(40)18(38)14(34)9(4-29)44-26)16(36)11(6-31)45-27(23)46-21-12(28-8(2)32)24(41-3)43-10(5-30)15(21)35/h7,9-27,29-31,33-40H,4-6H2,1-3H3,(H,28,32). The quantitative estimate of drug-likeness (QED) is 0.0949. The molecule has 0 bridgehead atoms. The Kier molecular flexibility index (Phi) is 13.8. The highest BCUT2D eigenvalue weighted by atomic mass is 16.8. The zero-order valence-corrected chi connectivity index (χ0v) is 26.3. The second-order valence-electron chi connectivity index (χ2n) is 12.1. The van der Waals surface area contributed by atoms with Gasteiger partial charge in [0.1, 0.15) is 91.5 Å². The van der Waals surface area contributed by atoms with E-state index in [1.165, 1.54) is 14.0 Å². The van der Waals surface area contributed by atoms with Crippen LogP contribution in [0.1, 0.15) is 13.8 Å². The van der Waals surface area contributed by atoms with E-state index in [1.54, 1.807) is 0 Å². The third-order valence-electron chi connectivity index (χ3n) is 8.78. The normalized spacial score (nSPS) is 50.2. The molecular weight excluding hydrogens is 658 g/mol. The summed E-state index contributed by atoms with van der Waals surface area (Å²) >= 11 is 0. The molecular formula is C27H47NO20. The van der Waals surface area contributed by atoms with Crippen molar-refractivity contribution < 1.29 is 98.9 Å². The van der Waals surface area contributed by atoms with E-state index in [0.717, 1.165) is 6.92 Å². The predicted octanol–water partition coefficient (Wildman–Crippen LogP) is -7.92. The molecule has 4 heterocycles. The van der Waals surface area contributed by atoms with Gasteiger partial charge in [-0.15, -0.1) is 0 Å². The molecule has 1 amide bonds. The molecule has 20 atom stereocenters. The van der Waals surface area contributed by atoms with Gasteiger partial charge in [0.25, 0.3) is 0 Å². The van der Waals surface area contributed by atoms with Crippen molar-refractivity contribution in [3.8, 4) is 0 Å². The Morgan fingerprint density at radius 3 is 1.54 bits per heavy atom. The molecule has 0 saturated carbocycles. The minimum Gasteiger partial charge on any atom is -0.394 e. The smallest absolute Gasteiger partial charge is 0.217 e. The second-order valence-corrected chi connectivity index (χ2v) is 12.1. The van der Waals surface area contributed by atoms with Gasteiger partial charge >= 0.3 is 0 Å². The van der Waals surface area contributed by atoms with Crippen molar-refractivity contribution in [3.63, 3.8) is 0 Å². The van der Waals surface area contributed by atoms with Crippen LogP contribution in [0.5, 0.6) is 0 Å². The van der Waals surface area contributed by atoms with Crippen molar-refractivity contribution in [1.82, 2.24) is 5.32 Å². The van der Waals surface area contributed by atoms with Crippen molar-refractivity contribution >= 4 is 5.91 Å². The van der Waals surface area contributed by atoms with Crippen molar-refractivity contribution in [2.45, 2.75) is 137 Å². The Morgan fingerprint density at radius 1 is 0.562 bits per heavy atom. The van der Waals surface area contributed by atoms with Gasteiger partial charge in [0, 0.05) is 14.0 Å². The fourth-order valence-corrected chi connectivity index (χ4v) is 6.04. The molecule has 4 rings (SSSR count). The molecule has 4 aliphatic rings. The van der Waals surface area contributed by atoms with Crippen molar-refractivity contribution in [1.29, 1.82) is 0 Å². The van der Waals surface area contributed by atoms with Gasteiger partial charge in [-0.05, 0) is 6.92 Å². The molecule has 48 heavy (non-hydrogen) atoms. The number of carbonyl (C=O) groups excluding carboxylic acids is 1. The maximum atomic E-state index is 12.1. The molecule has 12 N–H and O–H groups in total. The lowest BCUT2D eigenvalue weighted by atomic mass is 9.94. The predicted molar refractivity (Wildman–Crippen MR) is 149 cm³/mol. The first-order chi connectivity index (χ1) is 22.7. The lowest BCUT2D eigenvalue weighted by molar-refractivity contribution is -0.401. The third kappa shape index (κ3) is 8.10. The van der Waals surface area contributed by atoms with E-state index >= 15 is 0 Å². The minimum atomic E-state index is -1.98. The number of hydrogen-bond donors (Lipinski definition) is 12. The van der Waals surface area contributed by atoms with Gasteiger partial charge in [0.05, 0.1) is 25.9 Å². The molecule has 4 fully saturated rings. The van der Waals surface area contributed by atoms with Gasteiger partial charge in [-0.3, -0.25) is 4.79 Å². The fraction of sp³-hybridized carbons (Fsp3) is 0.963. The molecule has 0 aromatic carbocycles. The minimum absolute atomic E-state index is 0.612. The van der Waals surface area contributed by atoms with Crippen LogP contribution < -0.4 is 5.32 Å². The first-order valence-corrected chi connectivity index (χ1v) is 15.3. The van der Waals surface area contributed by atoms with E-state index in [1.807, 2.05) is 0 Å². The number of amides is 1. The summed E-state index contributed by atoms with van der Waals surface area (Å²) in [6.45, 7) is 0.0580. The SMILES string of the molecule is COC1OC(CO)C(O)C(OC2OC(CO)C(O)C(OC3OC(CO)C(O)C(O)C3O)C2OC2OC(C)C(O)C(O)C2O)C1NC(C)=O. The molecule has 21 heteroatoms. The van der Waals surface area contributed by atoms with E-state index in [2.05, 4.69) is 5.32 Å². The van der Waals surface area contributed by atoms with Crippen molar-refractivity contribution in [2.75, 3.05) is 26.9 Å². The van der Waals surface area contributed by atoms with Crippen LogP contribution in [0.4, 0.5) is 0 Å². The first-order valence-electron chi connectivity index (χ1n) is 15.3. The molecule has 0 aromatic heterocycles. The van der Waals surface area contributed by atoms with Gasteiger partial charge < -0.3 is 99.4 Å². The number of hydrogen-bond acceptors (Lipinski definition) is 20. The van der Waals surface area contributed by atoms with Crippen LogP contribution in [0, 0.1) is 0 Å².